The molecular weight excluding hydrogens is 264 g/mol. The van der Waals surface area contributed by atoms with Gasteiger partial charge in [0, 0.05) is 18.8 Å². The first kappa shape index (κ1) is 12.9. The number of carbonyl (C=O) groups excluding carboxylic acids is 1. The number of amides is 1. The second kappa shape index (κ2) is 4.78. The fourth-order valence-corrected chi connectivity index (χ4v) is 3.25. The zero-order valence-corrected chi connectivity index (χ0v) is 11.6. The van der Waals surface area contributed by atoms with Gasteiger partial charge in [-0.15, -0.1) is 0 Å². The SMILES string of the molecule is CCO[C@H]1C[C@@H]2CN[C@@]1(Cl)C(=O)N2c1ccccc1. The Labute approximate surface area is 117 Å². The Balaban J connectivity index is 1.93. The van der Waals surface area contributed by atoms with Gasteiger partial charge in [0.1, 0.15) is 6.10 Å². The van der Waals surface area contributed by atoms with E-state index in [1.807, 2.05) is 37.3 Å². The highest BCUT2D eigenvalue weighted by atomic mass is 35.5. The molecule has 4 rings (SSSR count). The minimum absolute atomic E-state index is 0.104. The van der Waals surface area contributed by atoms with E-state index in [0.717, 1.165) is 12.1 Å². The molecule has 1 aromatic rings. The van der Waals surface area contributed by atoms with Gasteiger partial charge in [-0.1, -0.05) is 29.8 Å². The number of piperidine rings is 2. The van der Waals surface area contributed by atoms with Gasteiger partial charge in [-0.2, -0.15) is 0 Å². The lowest BCUT2D eigenvalue weighted by molar-refractivity contribution is -0.134. The number of halogens is 1. The molecule has 19 heavy (non-hydrogen) atoms. The third kappa shape index (κ3) is 1.95. The van der Waals surface area contributed by atoms with Crippen LogP contribution in [0.25, 0.3) is 0 Å². The van der Waals surface area contributed by atoms with Crippen LogP contribution in [0.3, 0.4) is 0 Å². The first-order valence-electron chi connectivity index (χ1n) is 6.61. The monoisotopic (exact) mass is 280 g/mol. The predicted octanol–water partition coefficient (Wildman–Crippen LogP) is 1.74. The number of ether oxygens (including phenoxy) is 1. The lowest BCUT2D eigenvalue weighted by Crippen LogP contribution is -2.76. The van der Waals surface area contributed by atoms with E-state index < -0.39 is 5.00 Å². The number of nitrogens with zero attached hydrogens (tertiary/aromatic N) is 1. The first-order valence-corrected chi connectivity index (χ1v) is 6.99. The lowest BCUT2D eigenvalue weighted by atomic mass is 9.88. The van der Waals surface area contributed by atoms with Crippen molar-refractivity contribution in [1.29, 1.82) is 0 Å². The van der Waals surface area contributed by atoms with E-state index in [9.17, 15) is 4.79 Å². The summed E-state index contributed by atoms with van der Waals surface area (Å²) >= 11 is 6.51. The number of hydrogen-bond acceptors (Lipinski definition) is 3. The largest absolute Gasteiger partial charge is 0.375 e. The molecule has 3 heterocycles. The highest BCUT2D eigenvalue weighted by molar-refractivity contribution is 6.38. The van der Waals surface area contributed by atoms with Crippen LogP contribution in [0, 0.1) is 0 Å². The fourth-order valence-electron chi connectivity index (χ4n) is 2.92. The molecule has 1 amide bonds. The normalized spacial score (nSPS) is 33.8. The third-order valence-corrected chi connectivity index (χ3v) is 4.36. The van der Waals surface area contributed by atoms with Crippen LogP contribution in [0.1, 0.15) is 13.3 Å². The van der Waals surface area contributed by atoms with Crippen LogP contribution < -0.4 is 10.2 Å². The van der Waals surface area contributed by atoms with E-state index >= 15 is 0 Å². The average Bonchev–Trinajstić information content (AvgIpc) is 2.43. The summed E-state index contributed by atoms with van der Waals surface area (Å²) in [6.45, 7) is 3.18. The molecule has 1 aromatic carbocycles. The van der Waals surface area contributed by atoms with Gasteiger partial charge in [0.25, 0.3) is 5.91 Å². The number of para-hydroxylation sites is 1. The number of nitrogens with one attached hydrogen (secondary N) is 1. The molecule has 5 heteroatoms. The van der Waals surface area contributed by atoms with E-state index in [-0.39, 0.29) is 18.1 Å². The number of fused-ring (bicyclic) bond motifs is 3. The Morgan fingerprint density at radius 1 is 1.47 bits per heavy atom. The van der Waals surface area contributed by atoms with Crippen molar-refractivity contribution in [2.75, 3.05) is 18.1 Å². The first-order chi connectivity index (χ1) is 9.16. The molecule has 3 aliphatic heterocycles. The third-order valence-electron chi connectivity index (χ3n) is 3.82. The Hall–Kier alpha value is -1.10. The minimum Gasteiger partial charge on any atom is -0.375 e. The summed E-state index contributed by atoms with van der Waals surface area (Å²) in [6, 6.07) is 9.78. The molecule has 0 aromatic heterocycles. The minimum atomic E-state index is -1.12. The van der Waals surface area contributed by atoms with Gasteiger partial charge >= 0.3 is 0 Å². The number of carbonyl (C=O) groups is 1. The lowest BCUT2D eigenvalue weighted by Gasteiger charge is -2.52. The average molecular weight is 281 g/mol. The topological polar surface area (TPSA) is 41.6 Å². The summed E-state index contributed by atoms with van der Waals surface area (Å²) in [5, 5.41) is 3.13. The van der Waals surface area contributed by atoms with Crippen LogP contribution in [0.5, 0.6) is 0 Å². The van der Waals surface area contributed by atoms with Gasteiger partial charge in [0.15, 0.2) is 5.00 Å². The molecule has 3 fully saturated rings. The number of anilines is 1. The predicted molar refractivity (Wildman–Crippen MR) is 74.3 cm³/mol. The molecule has 1 N–H and O–H groups in total. The maximum absolute atomic E-state index is 12.6. The van der Waals surface area contributed by atoms with Crippen LogP contribution in [0.4, 0.5) is 5.69 Å². The van der Waals surface area contributed by atoms with Crippen molar-refractivity contribution in [1.82, 2.24) is 5.32 Å². The molecule has 0 unspecified atom stereocenters. The van der Waals surface area contributed by atoms with Gasteiger partial charge in [-0.3, -0.25) is 10.1 Å². The number of benzene rings is 1. The summed E-state index contributed by atoms with van der Waals surface area (Å²) < 4.78 is 5.63. The summed E-state index contributed by atoms with van der Waals surface area (Å²) in [4.78, 5) is 13.3. The van der Waals surface area contributed by atoms with E-state index in [0.29, 0.717) is 13.2 Å². The molecule has 2 bridgehead atoms. The smallest absolute Gasteiger partial charge is 0.265 e. The van der Waals surface area contributed by atoms with E-state index in [2.05, 4.69) is 5.32 Å². The molecule has 0 aliphatic carbocycles. The van der Waals surface area contributed by atoms with Crippen molar-refractivity contribution in [2.45, 2.75) is 30.5 Å². The molecule has 0 saturated carbocycles. The van der Waals surface area contributed by atoms with Crippen LogP contribution >= 0.6 is 11.6 Å². The van der Waals surface area contributed by atoms with Crippen molar-refractivity contribution in [2.24, 2.45) is 0 Å². The molecule has 3 saturated heterocycles. The quantitative estimate of drug-likeness (QED) is 0.677. The van der Waals surface area contributed by atoms with Crippen molar-refractivity contribution in [3.05, 3.63) is 30.3 Å². The maximum Gasteiger partial charge on any atom is 0.265 e. The molecule has 0 spiro atoms. The van der Waals surface area contributed by atoms with E-state index in [4.69, 9.17) is 16.3 Å². The molecular formula is C14H17ClN2O2. The van der Waals surface area contributed by atoms with E-state index in [1.54, 1.807) is 4.90 Å². The highest BCUT2D eigenvalue weighted by Crippen LogP contribution is 2.39. The summed E-state index contributed by atoms with van der Waals surface area (Å²) in [7, 11) is 0. The maximum atomic E-state index is 12.6. The van der Waals surface area contributed by atoms with Crippen molar-refractivity contribution in [3.8, 4) is 0 Å². The van der Waals surface area contributed by atoms with Crippen LogP contribution in [-0.4, -0.2) is 36.2 Å². The van der Waals surface area contributed by atoms with Crippen LogP contribution in [0.15, 0.2) is 30.3 Å². The number of hydrogen-bond donors (Lipinski definition) is 1. The molecule has 3 atom stereocenters. The van der Waals surface area contributed by atoms with Gasteiger partial charge in [0.05, 0.1) is 6.04 Å². The zero-order valence-electron chi connectivity index (χ0n) is 10.8. The number of rotatable bonds is 3. The van der Waals surface area contributed by atoms with Crippen molar-refractivity contribution >= 4 is 23.2 Å². The molecule has 4 nitrogen and oxygen atoms in total. The Morgan fingerprint density at radius 3 is 2.89 bits per heavy atom. The fraction of sp³-hybridized carbons (Fsp3) is 0.500. The number of alkyl halides is 1. The van der Waals surface area contributed by atoms with Crippen LogP contribution in [-0.2, 0) is 9.53 Å². The standard InChI is InChI=1S/C14H17ClN2O2/c1-2-19-12-8-11-9-16-14(12,15)13(18)17(11)10-6-4-3-5-7-10/h3-7,11-12,16H,2,8-9H2,1H3/t11-,12+,14-/m1/s1. The Bertz CT molecular complexity index is 482. The van der Waals surface area contributed by atoms with Gasteiger partial charge in [0.2, 0.25) is 0 Å². The van der Waals surface area contributed by atoms with Gasteiger partial charge < -0.3 is 9.64 Å². The molecule has 3 aliphatic rings. The summed E-state index contributed by atoms with van der Waals surface area (Å²) in [5.41, 5.74) is 0.902. The summed E-state index contributed by atoms with van der Waals surface area (Å²) in [6.07, 6.45) is 0.510. The van der Waals surface area contributed by atoms with E-state index in [1.165, 1.54) is 0 Å². The molecule has 102 valence electrons. The van der Waals surface area contributed by atoms with Gasteiger partial charge in [-0.05, 0) is 25.5 Å². The molecule has 0 radical (unpaired) electrons. The highest BCUT2D eigenvalue weighted by Gasteiger charge is 2.57. The van der Waals surface area contributed by atoms with Crippen LogP contribution in [0.2, 0.25) is 0 Å². The second-order valence-electron chi connectivity index (χ2n) is 4.94. The van der Waals surface area contributed by atoms with Crippen molar-refractivity contribution < 1.29 is 9.53 Å². The van der Waals surface area contributed by atoms with Gasteiger partial charge in [-0.25, -0.2) is 0 Å². The summed E-state index contributed by atoms with van der Waals surface area (Å²) in [5.74, 6) is -0.110. The Kier molecular flexibility index (Phi) is 3.25. The number of piperazine rings is 1. The van der Waals surface area contributed by atoms with Crippen molar-refractivity contribution in [3.63, 3.8) is 0 Å². The zero-order chi connectivity index (χ0) is 13.5. The Morgan fingerprint density at radius 2 is 2.21 bits per heavy atom. The second-order valence-corrected chi connectivity index (χ2v) is 5.53.